The lowest BCUT2D eigenvalue weighted by Crippen LogP contribution is -2.17. The third kappa shape index (κ3) is 2.58. The minimum atomic E-state index is -0.203. The zero-order valence-electron chi connectivity index (χ0n) is 13.5. The van der Waals surface area contributed by atoms with Crippen molar-refractivity contribution in [1.82, 2.24) is 14.8 Å². The molecule has 1 N–H and O–H groups in total. The molecule has 0 saturated carbocycles. The van der Waals surface area contributed by atoms with E-state index in [-0.39, 0.29) is 5.91 Å². The van der Waals surface area contributed by atoms with Crippen LogP contribution >= 0.6 is 0 Å². The van der Waals surface area contributed by atoms with Crippen molar-refractivity contribution >= 4 is 11.7 Å². The summed E-state index contributed by atoms with van der Waals surface area (Å²) in [5.74, 6) is 0.562. The van der Waals surface area contributed by atoms with Gasteiger partial charge < -0.3 is 5.32 Å². The van der Waals surface area contributed by atoms with E-state index in [1.165, 1.54) is 0 Å². The van der Waals surface area contributed by atoms with Gasteiger partial charge in [-0.05, 0) is 50.5 Å². The van der Waals surface area contributed by atoms with E-state index < -0.39 is 0 Å². The molecule has 5 heteroatoms. The van der Waals surface area contributed by atoms with Gasteiger partial charge in [0.25, 0.3) is 5.91 Å². The van der Waals surface area contributed by atoms with E-state index in [4.69, 9.17) is 5.10 Å². The molecule has 1 aromatic carbocycles. The summed E-state index contributed by atoms with van der Waals surface area (Å²) in [6.07, 6.45) is 2.98. The summed E-state index contributed by atoms with van der Waals surface area (Å²) in [5.41, 5.74) is 4.40. The van der Waals surface area contributed by atoms with Crippen LogP contribution in [0.15, 0.2) is 48.5 Å². The Hall–Kier alpha value is -2.95. The lowest BCUT2D eigenvalue weighted by atomic mass is 10.2. The van der Waals surface area contributed by atoms with Gasteiger partial charge in [-0.3, -0.25) is 4.79 Å². The zero-order chi connectivity index (χ0) is 16.5. The molecule has 2 aromatic heterocycles. The molecule has 24 heavy (non-hydrogen) atoms. The topological polar surface area (TPSA) is 59.8 Å². The SMILES string of the molecule is Cc1cccc(C(=O)Nc2c3c(nn2-c2ccccc2)CCC3)n1. The molecule has 120 valence electrons. The van der Waals surface area contributed by atoms with Gasteiger partial charge in [-0.15, -0.1) is 0 Å². The standard InChI is InChI=1S/C19H18N4O/c1-13-7-5-12-17(20-13)19(24)21-18-15-10-6-11-16(15)22-23(18)14-8-3-2-4-9-14/h2-5,7-9,12H,6,10-11H2,1H3,(H,21,24). The molecule has 3 aromatic rings. The summed E-state index contributed by atoms with van der Waals surface area (Å²) in [4.78, 5) is 16.9. The fraction of sp³-hybridized carbons (Fsp3) is 0.211. The van der Waals surface area contributed by atoms with Crippen molar-refractivity contribution in [3.63, 3.8) is 0 Å². The van der Waals surface area contributed by atoms with Crippen molar-refractivity contribution < 1.29 is 4.79 Å². The lowest BCUT2D eigenvalue weighted by Gasteiger charge is -2.11. The van der Waals surface area contributed by atoms with Gasteiger partial charge in [0.15, 0.2) is 0 Å². The minimum Gasteiger partial charge on any atom is -0.305 e. The van der Waals surface area contributed by atoms with E-state index in [0.717, 1.165) is 47.7 Å². The van der Waals surface area contributed by atoms with Crippen LogP contribution < -0.4 is 5.32 Å². The molecule has 0 spiro atoms. The van der Waals surface area contributed by atoms with Gasteiger partial charge in [0, 0.05) is 11.3 Å². The number of pyridine rings is 1. The summed E-state index contributed by atoms with van der Waals surface area (Å²) < 4.78 is 1.83. The molecule has 4 rings (SSSR count). The van der Waals surface area contributed by atoms with Crippen LogP contribution in [-0.2, 0) is 12.8 Å². The predicted octanol–water partition coefficient (Wildman–Crippen LogP) is 3.32. The van der Waals surface area contributed by atoms with E-state index in [1.54, 1.807) is 6.07 Å². The maximum Gasteiger partial charge on any atom is 0.275 e. The van der Waals surface area contributed by atoms with Crippen molar-refractivity contribution in [2.75, 3.05) is 5.32 Å². The number of nitrogens with zero attached hydrogens (tertiary/aromatic N) is 3. The number of fused-ring (bicyclic) bond motifs is 1. The number of nitrogens with one attached hydrogen (secondary N) is 1. The van der Waals surface area contributed by atoms with Gasteiger partial charge >= 0.3 is 0 Å². The lowest BCUT2D eigenvalue weighted by molar-refractivity contribution is 0.102. The summed E-state index contributed by atoms with van der Waals surface area (Å²) in [7, 11) is 0. The van der Waals surface area contributed by atoms with Crippen LogP contribution in [0.3, 0.4) is 0 Å². The first-order chi connectivity index (χ1) is 11.7. The van der Waals surface area contributed by atoms with E-state index in [0.29, 0.717) is 5.69 Å². The molecule has 0 atom stereocenters. The molecule has 0 fully saturated rings. The molecule has 1 amide bonds. The van der Waals surface area contributed by atoms with Crippen molar-refractivity contribution in [3.8, 4) is 5.69 Å². The average molecular weight is 318 g/mol. The third-order valence-electron chi connectivity index (χ3n) is 4.26. The van der Waals surface area contributed by atoms with E-state index >= 15 is 0 Å². The smallest absolute Gasteiger partial charge is 0.275 e. The Morgan fingerprint density at radius 2 is 1.92 bits per heavy atom. The molecule has 2 heterocycles. The van der Waals surface area contributed by atoms with Gasteiger partial charge in [-0.2, -0.15) is 5.10 Å². The van der Waals surface area contributed by atoms with Crippen LogP contribution in [0.4, 0.5) is 5.82 Å². The summed E-state index contributed by atoms with van der Waals surface area (Å²) in [5, 5.41) is 7.74. The highest BCUT2D eigenvalue weighted by molar-refractivity contribution is 6.03. The normalized spacial score (nSPS) is 12.9. The Bertz CT molecular complexity index is 899. The first kappa shape index (κ1) is 14.6. The van der Waals surface area contributed by atoms with Gasteiger partial charge in [0.05, 0.1) is 11.4 Å². The molecule has 1 aliphatic rings. The number of benzene rings is 1. The Balaban J connectivity index is 1.73. The summed E-state index contributed by atoms with van der Waals surface area (Å²) >= 11 is 0. The second-order valence-corrected chi connectivity index (χ2v) is 5.99. The predicted molar refractivity (Wildman–Crippen MR) is 92.5 cm³/mol. The number of hydrogen-bond acceptors (Lipinski definition) is 3. The van der Waals surface area contributed by atoms with Crippen molar-refractivity contribution in [2.24, 2.45) is 0 Å². The molecule has 1 aliphatic carbocycles. The van der Waals surface area contributed by atoms with Crippen molar-refractivity contribution in [2.45, 2.75) is 26.2 Å². The second kappa shape index (κ2) is 5.92. The number of aromatic nitrogens is 3. The highest BCUT2D eigenvalue weighted by Gasteiger charge is 2.24. The van der Waals surface area contributed by atoms with Crippen molar-refractivity contribution in [3.05, 3.63) is 71.2 Å². The second-order valence-electron chi connectivity index (χ2n) is 5.99. The van der Waals surface area contributed by atoms with Crippen LogP contribution in [0.5, 0.6) is 0 Å². The minimum absolute atomic E-state index is 0.203. The van der Waals surface area contributed by atoms with Crippen LogP contribution in [0.2, 0.25) is 0 Å². The number of anilines is 1. The van der Waals surface area contributed by atoms with Crippen LogP contribution in [0.25, 0.3) is 5.69 Å². The zero-order valence-corrected chi connectivity index (χ0v) is 13.5. The van der Waals surface area contributed by atoms with Crippen LogP contribution in [0, 0.1) is 6.92 Å². The highest BCUT2D eigenvalue weighted by Crippen LogP contribution is 2.31. The van der Waals surface area contributed by atoms with Crippen LogP contribution in [0.1, 0.15) is 33.9 Å². The maximum absolute atomic E-state index is 12.6. The van der Waals surface area contributed by atoms with Gasteiger partial charge in [-0.25, -0.2) is 9.67 Å². The Kier molecular flexibility index (Phi) is 3.61. The Morgan fingerprint density at radius 3 is 2.71 bits per heavy atom. The number of hydrogen-bond donors (Lipinski definition) is 1. The van der Waals surface area contributed by atoms with Crippen LogP contribution in [-0.4, -0.2) is 20.7 Å². The largest absolute Gasteiger partial charge is 0.305 e. The molecule has 0 aliphatic heterocycles. The first-order valence-electron chi connectivity index (χ1n) is 8.13. The Labute approximate surface area is 140 Å². The summed E-state index contributed by atoms with van der Waals surface area (Å²) in [6, 6.07) is 15.3. The number of rotatable bonds is 3. The maximum atomic E-state index is 12.6. The van der Waals surface area contributed by atoms with E-state index in [9.17, 15) is 4.79 Å². The Morgan fingerprint density at radius 1 is 1.08 bits per heavy atom. The molecule has 5 nitrogen and oxygen atoms in total. The molecule has 0 unspecified atom stereocenters. The summed E-state index contributed by atoms with van der Waals surface area (Å²) in [6.45, 7) is 1.88. The first-order valence-corrected chi connectivity index (χ1v) is 8.13. The average Bonchev–Trinajstić information content (AvgIpc) is 3.18. The third-order valence-corrected chi connectivity index (χ3v) is 4.26. The monoisotopic (exact) mass is 318 g/mol. The molecule has 0 radical (unpaired) electrons. The fourth-order valence-electron chi connectivity index (χ4n) is 3.12. The molecule has 0 bridgehead atoms. The number of carbonyl (C=O) groups excluding carboxylic acids is 1. The number of aryl methyl sites for hydroxylation is 2. The van der Waals surface area contributed by atoms with Gasteiger partial charge in [0.1, 0.15) is 11.5 Å². The number of amides is 1. The number of carbonyl (C=O) groups is 1. The fourth-order valence-corrected chi connectivity index (χ4v) is 3.12. The highest BCUT2D eigenvalue weighted by atomic mass is 16.2. The molecular weight excluding hydrogens is 300 g/mol. The van der Waals surface area contributed by atoms with E-state index in [2.05, 4.69) is 10.3 Å². The van der Waals surface area contributed by atoms with Gasteiger partial charge in [-0.1, -0.05) is 24.3 Å². The number of para-hydroxylation sites is 1. The quantitative estimate of drug-likeness (QED) is 0.806. The van der Waals surface area contributed by atoms with E-state index in [1.807, 2.05) is 54.1 Å². The van der Waals surface area contributed by atoms with Gasteiger partial charge in [0.2, 0.25) is 0 Å². The van der Waals surface area contributed by atoms with Crippen molar-refractivity contribution in [1.29, 1.82) is 0 Å². The molecule has 0 saturated heterocycles. The molecular formula is C19H18N4O.